The zero-order valence-corrected chi connectivity index (χ0v) is 16.9. The van der Waals surface area contributed by atoms with Crippen LogP contribution in [0.15, 0.2) is 36.7 Å². The number of H-pyrrole nitrogens is 1. The number of benzene rings is 1. The second-order valence-electron chi connectivity index (χ2n) is 8.36. The van der Waals surface area contributed by atoms with Crippen molar-refractivity contribution in [2.24, 2.45) is 0 Å². The van der Waals surface area contributed by atoms with Crippen LogP contribution in [0.4, 0.5) is 4.39 Å². The zero-order chi connectivity index (χ0) is 20.5. The molecule has 6 nitrogen and oxygen atoms in total. The molecule has 5 rings (SSSR count). The molecule has 0 aliphatic heterocycles. The smallest absolute Gasteiger partial charge is 0.255 e. The van der Waals surface area contributed by atoms with Crippen LogP contribution in [0.3, 0.4) is 0 Å². The number of aromatic amines is 1. The maximum atomic E-state index is 14.3. The number of carbonyl (C=O) groups is 1. The van der Waals surface area contributed by atoms with Gasteiger partial charge < -0.3 is 5.32 Å². The quantitative estimate of drug-likeness (QED) is 0.664. The molecule has 3 aromatic rings. The number of hydrogen-bond donors (Lipinski definition) is 2. The van der Waals surface area contributed by atoms with Crippen LogP contribution in [0, 0.1) is 5.82 Å². The molecule has 1 saturated carbocycles. The van der Waals surface area contributed by atoms with E-state index in [0.29, 0.717) is 17.2 Å². The highest BCUT2D eigenvalue weighted by Gasteiger charge is 2.29. The monoisotopic (exact) mass is 407 g/mol. The molecule has 0 saturated heterocycles. The number of aromatic nitrogens is 4. The summed E-state index contributed by atoms with van der Waals surface area (Å²) in [7, 11) is 0. The summed E-state index contributed by atoms with van der Waals surface area (Å²) in [4.78, 5) is 13.1. The lowest BCUT2D eigenvalue weighted by atomic mass is 9.85. The van der Waals surface area contributed by atoms with Gasteiger partial charge in [-0.05, 0) is 44.2 Å². The minimum Gasteiger partial charge on any atom is -0.345 e. The average Bonchev–Trinajstić information content (AvgIpc) is 3.43. The van der Waals surface area contributed by atoms with Gasteiger partial charge in [-0.25, -0.2) is 9.07 Å². The molecule has 2 aliphatic carbocycles. The Morgan fingerprint density at radius 1 is 1.10 bits per heavy atom. The van der Waals surface area contributed by atoms with E-state index in [1.165, 1.54) is 25.3 Å². The first-order valence-corrected chi connectivity index (χ1v) is 10.9. The second kappa shape index (κ2) is 8.05. The van der Waals surface area contributed by atoms with E-state index >= 15 is 0 Å². The Labute approximate surface area is 174 Å². The first-order valence-electron chi connectivity index (χ1n) is 10.9. The highest BCUT2D eigenvalue weighted by atomic mass is 19.1. The van der Waals surface area contributed by atoms with Crippen LogP contribution in [0.1, 0.15) is 84.2 Å². The summed E-state index contributed by atoms with van der Waals surface area (Å²) >= 11 is 0. The van der Waals surface area contributed by atoms with Gasteiger partial charge in [0, 0.05) is 17.2 Å². The third kappa shape index (κ3) is 3.42. The fraction of sp³-hybridized carbons (Fsp3) is 0.435. The van der Waals surface area contributed by atoms with Crippen LogP contribution in [0.2, 0.25) is 0 Å². The lowest BCUT2D eigenvalue weighted by Crippen LogP contribution is -2.31. The number of nitrogens with zero attached hydrogens (tertiary/aromatic N) is 3. The molecule has 2 aliphatic rings. The molecule has 2 aromatic heterocycles. The number of halogens is 1. The standard InChI is InChI=1S/C23H26FN5O/c24-18-9-4-5-11-21(18)29-20-12-6-10-19(16(20)14-26-29)27-23(30)17-13-25-28-22(17)15-7-2-1-3-8-15/h4-5,9,11,13-15,19H,1-3,6-8,10,12H2,(H,25,28)(H,27,30). The van der Waals surface area contributed by atoms with E-state index in [-0.39, 0.29) is 17.8 Å². The molecular weight excluding hydrogens is 381 g/mol. The van der Waals surface area contributed by atoms with Crippen molar-refractivity contribution in [3.63, 3.8) is 0 Å². The number of nitrogens with one attached hydrogen (secondary N) is 2. The Bertz CT molecular complexity index is 1050. The van der Waals surface area contributed by atoms with Crippen LogP contribution >= 0.6 is 0 Å². The summed E-state index contributed by atoms with van der Waals surface area (Å²) in [5, 5.41) is 14.9. The van der Waals surface area contributed by atoms with Crippen LogP contribution < -0.4 is 5.32 Å². The number of hydrogen-bond acceptors (Lipinski definition) is 3. The topological polar surface area (TPSA) is 75.6 Å². The van der Waals surface area contributed by atoms with Gasteiger partial charge in [0.15, 0.2) is 0 Å². The molecule has 0 bridgehead atoms. The average molecular weight is 407 g/mol. The molecule has 1 aromatic carbocycles. The predicted octanol–water partition coefficient (Wildman–Crippen LogP) is 4.59. The molecule has 0 spiro atoms. The molecule has 2 heterocycles. The van der Waals surface area contributed by atoms with Crippen molar-refractivity contribution in [2.45, 2.75) is 63.3 Å². The van der Waals surface area contributed by atoms with Gasteiger partial charge in [-0.3, -0.25) is 9.89 Å². The minimum atomic E-state index is -0.301. The summed E-state index contributed by atoms with van der Waals surface area (Å²) in [6.07, 6.45) is 11.9. The van der Waals surface area contributed by atoms with Gasteiger partial charge in [-0.1, -0.05) is 31.4 Å². The minimum absolute atomic E-state index is 0.0965. The number of rotatable bonds is 4. The third-order valence-corrected chi connectivity index (χ3v) is 6.50. The van der Waals surface area contributed by atoms with Gasteiger partial charge in [-0.2, -0.15) is 10.2 Å². The van der Waals surface area contributed by atoms with Gasteiger partial charge in [0.25, 0.3) is 5.91 Å². The van der Waals surface area contributed by atoms with Crippen molar-refractivity contribution < 1.29 is 9.18 Å². The van der Waals surface area contributed by atoms with Gasteiger partial charge in [0.05, 0.1) is 29.7 Å². The molecule has 30 heavy (non-hydrogen) atoms. The first kappa shape index (κ1) is 19.0. The molecule has 1 unspecified atom stereocenters. The Morgan fingerprint density at radius 3 is 2.77 bits per heavy atom. The van der Waals surface area contributed by atoms with Crippen LogP contribution in [0.5, 0.6) is 0 Å². The van der Waals surface area contributed by atoms with Crippen molar-refractivity contribution in [1.29, 1.82) is 0 Å². The van der Waals surface area contributed by atoms with Crippen LogP contribution in [0.25, 0.3) is 5.69 Å². The maximum absolute atomic E-state index is 14.3. The first-order chi connectivity index (χ1) is 14.7. The summed E-state index contributed by atoms with van der Waals surface area (Å²) in [5.74, 6) is -0.0152. The molecule has 2 N–H and O–H groups in total. The predicted molar refractivity (Wildman–Crippen MR) is 111 cm³/mol. The Morgan fingerprint density at radius 2 is 1.93 bits per heavy atom. The molecule has 0 radical (unpaired) electrons. The Kier molecular flexibility index (Phi) is 5.11. The van der Waals surface area contributed by atoms with Crippen molar-refractivity contribution in [1.82, 2.24) is 25.3 Å². The number of carbonyl (C=O) groups excluding carboxylic acids is 1. The normalized spacial score (nSPS) is 19.4. The van der Waals surface area contributed by atoms with E-state index in [0.717, 1.165) is 49.1 Å². The molecular formula is C23H26FN5O. The summed E-state index contributed by atoms with van der Waals surface area (Å²) in [6, 6.07) is 6.52. The van der Waals surface area contributed by atoms with Gasteiger partial charge in [-0.15, -0.1) is 0 Å². The summed E-state index contributed by atoms with van der Waals surface area (Å²) < 4.78 is 16.0. The maximum Gasteiger partial charge on any atom is 0.255 e. The van der Waals surface area contributed by atoms with E-state index in [2.05, 4.69) is 20.6 Å². The lowest BCUT2D eigenvalue weighted by molar-refractivity contribution is 0.0931. The molecule has 7 heteroatoms. The van der Waals surface area contributed by atoms with E-state index in [1.54, 1.807) is 35.3 Å². The number of para-hydroxylation sites is 1. The fourth-order valence-electron chi connectivity index (χ4n) is 4.95. The Hall–Kier alpha value is -2.96. The summed E-state index contributed by atoms with van der Waals surface area (Å²) in [6.45, 7) is 0. The fourth-order valence-corrected chi connectivity index (χ4v) is 4.95. The van der Waals surface area contributed by atoms with Crippen molar-refractivity contribution in [3.05, 3.63) is 65.0 Å². The Balaban J connectivity index is 1.39. The highest BCUT2D eigenvalue weighted by Crippen LogP contribution is 2.35. The van der Waals surface area contributed by atoms with Crippen molar-refractivity contribution >= 4 is 5.91 Å². The van der Waals surface area contributed by atoms with E-state index < -0.39 is 0 Å². The van der Waals surface area contributed by atoms with E-state index in [1.807, 2.05) is 0 Å². The second-order valence-corrected chi connectivity index (χ2v) is 8.36. The molecule has 1 fully saturated rings. The van der Waals surface area contributed by atoms with Crippen LogP contribution in [-0.4, -0.2) is 25.9 Å². The van der Waals surface area contributed by atoms with Crippen molar-refractivity contribution in [2.75, 3.05) is 0 Å². The zero-order valence-electron chi connectivity index (χ0n) is 16.9. The number of amides is 1. The molecule has 1 amide bonds. The van der Waals surface area contributed by atoms with Gasteiger partial charge >= 0.3 is 0 Å². The largest absolute Gasteiger partial charge is 0.345 e. The molecule has 1 atom stereocenters. The van der Waals surface area contributed by atoms with E-state index in [9.17, 15) is 9.18 Å². The summed E-state index contributed by atoms with van der Waals surface area (Å²) in [5.41, 5.74) is 4.00. The lowest BCUT2D eigenvalue weighted by Gasteiger charge is -2.25. The van der Waals surface area contributed by atoms with E-state index in [4.69, 9.17) is 0 Å². The van der Waals surface area contributed by atoms with Gasteiger partial charge in [0.1, 0.15) is 11.5 Å². The van der Waals surface area contributed by atoms with Gasteiger partial charge in [0.2, 0.25) is 0 Å². The SMILES string of the molecule is O=C(NC1CCCc2c1cnn2-c1ccccc1F)c1cn[nH]c1C1CCCCC1. The highest BCUT2D eigenvalue weighted by molar-refractivity contribution is 5.95. The molecule has 156 valence electrons. The third-order valence-electron chi connectivity index (χ3n) is 6.50. The van der Waals surface area contributed by atoms with Crippen molar-refractivity contribution in [3.8, 4) is 5.69 Å². The van der Waals surface area contributed by atoms with Crippen LogP contribution in [-0.2, 0) is 6.42 Å². The number of fused-ring (bicyclic) bond motifs is 1.